The molecule has 2 fully saturated rings. The number of likely N-dealkylation sites (tertiary alicyclic amines) is 1. The molecule has 2 saturated heterocycles. The summed E-state index contributed by atoms with van der Waals surface area (Å²) in [5.41, 5.74) is 2.08. The fraction of sp³-hybridized carbons (Fsp3) is 0.579. The quantitative estimate of drug-likeness (QED) is 0.754. The van der Waals surface area contributed by atoms with Crippen molar-refractivity contribution in [3.8, 4) is 0 Å². The van der Waals surface area contributed by atoms with E-state index in [0.29, 0.717) is 51.0 Å². The summed E-state index contributed by atoms with van der Waals surface area (Å²) in [6, 6.07) is 1.68. The molecular weight excluding hydrogens is 362 g/mol. The van der Waals surface area contributed by atoms with Gasteiger partial charge in [0.05, 0.1) is 37.5 Å². The molecular formula is C19H23N5O4. The normalized spacial score (nSPS) is 24.6. The van der Waals surface area contributed by atoms with Gasteiger partial charge in [-0.05, 0) is 13.3 Å². The fourth-order valence-corrected chi connectivity index (χ4v) is 4.29. The summed E-state index contributed by atoms with van der Waals surface area (Å²) >= 11 is 0. The van der Waals surface area contributed by atoms with E-state index in [1.807, 2.05) is 11.1 Å². The van der Waals surface area contributed by atoms with E-state index >= 15 is 0 Å². The number of rotatable bonds is 2. The molecule has 0 N–H and O–H groups in total. The zero-order valence-corrected chi connectivity index (χ0v) is 15.9. The molecule has 5 rings (SSSR count). The molecule has 0 aromatic carbocycles. The first-order valence-corrected chi connectivity index (χ1v) is 9.64. The van der Waals surface area contributed by atoms with Crippen LogP contribution in [0.2, 0.25) is 0 Å². The Morgan fingerprint density at radius 2 is 2.07 bits per heavy atom. The lowest BCUT2D eigenvalue weighted by atomic mass is 9.80. The number of morpholine rings is 1. The number of hydrogen-bond donors (Lipinski definition) is 0. The lowest BCUT2D eigenvalue weighted by Gasteiger charge is -2.35. The maximum absolute atomic E-state index is 12.8. The zero-order chi connectivity index (χ0) is 19.1. The summed E-state index contributed by atoms with van der Waals surface area (Å²) in [5.74, 6) is 1.26. The number of fused-ring (bicyclic) bond motifs is 2. The third kappa shape index (κ3) is 2.94. The highest BCUT2D eigenvalue weighted by molar-refractivity contribution is 5.92. The topological polar surface area (TPSA) is 93.8 Å². The molecule has 1 atom stereocenters. The van der Waals surface area contributed by atoms with Crippen molar-refractivity contribution >= 4 is 11.9 Å². The molecule has 9 nitrogen and oxygen atoms in total. The van der Waals surface area contributed by atoms with Crippen LogP contribution in [0.3, 0.4) is 0 Å². The van der Waals surface area contributed by atoms with Gasteiger partial charge in [0.2, 0.25) is 5.95 Å². The number of amides is 1. The van der Waals surface area contributed by atoms with Crippen LogP contribution in [-0.4, -0.2) is 71.9 Å². The first-order valence-electron chi connectivity index (χ1n) is 9.64. The van der Waals surface area contributed by atoms with E-state index < -0.39 is 0 Å². The zero-order valence-electron chi connectivity index (χ0n) is 15.9. The highest BCUT2D eigenvalue weighted by Crippen LogP contribution is 2.40. The Morgan fingerprint density at radius 3 is 2.86 bits per heavy atom. The third-order valence-corrected chi connectivity index (χ3v) is 5.77. The standard InChI is InChI=1S/C19H23N5O4/c1-13-8-15(22-28-13)17(25)24-3-2-19(11-24)12-27-10-14-9-20-18(21-16(14)19)23-4-6-26-7-5-23/h8-9H,2-7,10-12H2,1H3/t19-/m0/s1. The highest BCUT2D eigenvalue weighted by Gasteiger charge is 2.46. The first-order chi connectivity index (χ1) is 13.6. The van der Waals surface area contributed by atoms with Crippen molar-refractivity contribution in [2.24, 2.45) is 0 Å². The Kier molecular flexibility index (Phi) is 4.28. The van der Waals surface area contributed by atoms with E-state index in [2.05, 4.69) is 15.0 Å². The molecule has 0 unspecified atom stereocenters. The van der Waals surface area contributed by atoms with Gasteiger partial charge >= 0.3 is 0 Å². The maximum Gasteiger partial charge on any atom is 0.276 e. The number of aryl methyl sites for hydroxylation is 1. The van der Waals surface area contributed by atoms with Crippen LogP contribution in [0, 0.1) is 6.92 Å². The van der Waals surface area contributed by atoms with Gasteiger partial charge in [-0.25, -0.2) is 9.97 Å². The predicted octanol–water partition coefficient (Wildman–Crippen LogP) is 0.924. The third-order valence-electron chi connectivity index (χ3n) is 5.77. The van der Waals surface area contributed by atoms with Gasteiger partial charge < -0.3 is 23.8 Å². The van der Waals surface area contributed by atoms with Crippen LogP contribution < -0.4 is 4.90 Å². The van der Waals surface area contributed by atoms with E-state index in [1.165, 1.54) is 0 Å². The minimum Gasteiger partial charge on any atom is -0.378 e. The fourth-order valence-electron chi connectivity index (χ4n) is 4.29. The molecule has 0 saturated carbocycles. The number of nitrogens with zero attached hydrogens (tertiary/aromatic N) is 5. The summed E-state index contributed by atoms with van der Waals surface area (Å²) in [4.78, 5) is 26.3. The van der Waals surface area contributed by atoms with Crippen molar-refractivity contribution < 1.29 is 18.8 Å². The molecule has 3 aliphatic heterocycles. The largest absolute Gasteiger partial charge is 0.378 e. The molecule has 5 heterocycles. The second kappa shape index (κ2) is 6.82. The molecule has 2 aromatic rings. The molecule has 0 radical (unpaired) electrons. The Morgan fingerprint density at radius 1 is 1.21 bits per heavy atom. The highest BCUT2D eigenvalue weighted by atomic mass is 16.5. The minimum absolute atomic E-state index is 0.108. The van der Waals surface area contributed by atoms with Gasteiger partial charge in [-0.2, -0.15) is 0 Å². The van der Waals surface area contributed by atoms with Crippen molar-refractivity contribution in [3.05, 3.63) is 35.0 Å². The second-order valence-electron chi connectivity index (χ2n) is 7.72. The number of carbonyl (C=O) groups excluding carboxylic acids is 1. The van der Waals surface area contributed by atoms with Crippen LogP contribution in [0.25, 0.3) is 0 Å². The molecule has 9 heteroatoms. The maximum atomic E-state index is 12.8. The van der Waals surface area contributed by atoms with Gasteiger partial charge in [0.1, 0.15) is 5.76 Å². The summed E-state index contributed by atoms with van der Waals surface area (Å²) < 4.78 is 16.4. The molecule has 1 spiro atoms. The molecule has 148 valence electrons. The molecule has 1 amide bonds. The summed E-state index contributed by atoms with van der Waals surface area (Å²) in [6.07, 6.45) is 2.68. The Hall–Kier alpha value is -2.52. The average molecular weight is 385 g/mol. The van der Waals surface area contributed by atoms with Crippen LogP contribution in [0.1, 0.15) is 33.9 Å². The Balaban J connectivity index is 1.43. The number of carbonyl (C=O) groups is 1. The number of hydrogen-bond acceptors (Lipinski definition) is 8. The van der Waals surface area contributed by atoms with Crippen LogP contribution in [-0.2, 0) is 21.5 Å². The van der Waals surface area contributed by atoms with Gasteiger partial charge in [-0.3, -0.25) is 4.79 Å². The summed E-state index contributed by atoms with van der Waals surface area (Å²) in [5, 5.41) is 3.87. The number of anilines is 1. The van der Waals surface area contributed by atoms with Gasteiger partial charge in [0.25, 0.3) is 5.91 Å². The van der Waals surface area contributed by atoms with Crippen LogP contribution in [0.15, 0.2) is 16.8 Å². The second-order valence-corrected chi connectivity index (χ2v) is 7.72. The van der Waals surface area contributed by atoms with Gasteiger partial charge in [-0.15, -0.1) is 0 Å². The van der Waals surface area contributed by atoms with E-state index in [0.717, 1.165) is 36.7 Å². The Bertz CT molecular complexity index is 894. The average Bonchev–Trinajstić information content (AvgIpc) is 3.36. The van der Waals surface area contributed by atoms with Crippen LogP contribution in [0.5, 0.6) is 0 Å². The summed E-state index contributed by atoms with van der Waals surface area (Å²) in [6.45, 7) is 7.01. The van der Waals surface area contributed by atoms with E-state index in [1.54, 1.807) is 13.0 Å². The van der Waals surface area contributed by atoms with Crippen LogP contribution >= 0.6 is 0 Å². The molecule has 3 aliphatic rings. The lowest BCUT2D eigenvalue weighted by molar-refractivity contribution is 0.0482. The number of aromatic nitrogens is 3. The Labute approximate surface area is 162 Å². The van der Waals surface area contributed by atoms with E-state index in [4.69, 9.17) is 19.0 Å². The number of ether oxygens (including phenoxy) is 2. The minimum atomic E-state index is -0.300. The van der Waals surface area contributed by atoms with Crippen LogP contribution in [0.4, 0.5) is 5.95 Å². The van der Waals surface area contributed by atoms with Crippen molar-refractivity contribution in [1.82, 2.24) is 20.0 Å². The van der Waals surface area contributed by atoms with Crippen molar-refractivity contribution in [2.45, 2.75) is 25.4 Å². The smallest absolute Gasteiger partial charge is 0.276 e. The van der Waals surface area contributed by atoms with Gasteiger partial charge in [0, 0.05) is 44.0 Å². The van der Waals surface area contributed by atoms with E-state index in [9.17, 15) is 4.79 Å². The van der Waals surface area contributed by atoms with Crippen molar-refractivity contribution in [1.29, 1.82) is 0 Å². The summed E-state index contributed by atoms with van der Waals surface area (Å²) in [7, 11) is 0. The lowest BCUT2D eigenvalue weighted by Crippen LogP contribution is -2.43. The van der Waals surface area contributed by atoms with Gasteiger partial charge in [-0.1, -0.05) is 5.16 Å². The first kappa shape index (κ1) is 17.6. The molecule has 0 bridgehead atoms. The SMILES string of the molecule is Cc1cc(C(=O)N2CC[C@@]3(COCc4cnc(N5CCOCC5)nc43)C2)no1. The van der Waals surface area contributed by atoms with Crippen molar-refractivity contribution in [2.75, 3.05) is 50.9 Å². The predicted molar refractivity (Wildman–Crippen MR) is 98.2 cm³/mol. The monoisotopic (exact) mass is 385 g/mol. The molecule has 0 aliphatic carbocycles. The molecule has 2 aromatic heterocycles. The van der Waals surface area contributed by atoms with Crippen molar-refractivity contribution in [3.63, 3.8) is 0 Å². The van der Waals surface area contributed by atoms with Gasteiger partial charge in [0.15, 0.2) is 5.69 Å². The molecule has 28 heavy (non-hydrogen) atoms. The van der Waals surface area contributed by atoms with E-state index in [-0.39, 0.29) is 11.3 Å².